The molecule has 2 N–H and O–H groups in total. The summed E-state index contributed by atoms with van der Waals surface area (Å²) in [7, 11) is 1.57. The first-order valence-corrected chi connectivity index (χ1v) is 6.21. The van der Waals surface area contributed by atoms with Gasteiger partial charge in [-0.3, -0.25) is 4.99 Å². The molecule has 2 aromatic rings. The van der Waals surface area contributed by atoms with Crippen molar-refractivity contribution in [2.75, 3.05) is 7.05 Å². The molecule has 3 nitrogen and oxygen atoms in total. The van der Waals surface area contributed by atoms with E-state index in [0.717, 1.165) is 16.7 Å². The fourth-order valence-corrected chi connectivity index (χ4v) is 1.79. The molecule has 4 heteroatoms. The van der Waals surface area contributed by atoms with Gasteiger partial charge < -0.3 is 5.73 Å². The molecule has 0 aromatic heterocycles. The predicted molar refractivity (Wildman–Crippen MR) is 81.8 cm³/mol. The number of rotatable bonds is 2. The Morgan fingerprint density at radius 2 is 1.68 bits per heavy atom. The summed E-state index contributed by atoms with van der Waals surface area (Å²) in [5.74, 6) is 0.355. The standard InChI is InChI=1S/C15H14ClN3/c1-18-15(16)19-14(17)13-9-5-8-12(10-13)11-6-3-2-4-7-11/h2-10H,1H3,(H2,17,18,19). The molecule has 0 aliphatic heterocycles. The highest BCUT2D eigenvalue weighted by atomic mass is 35.5. The minimum atomic E-state index is 0.141. The summed E-state index contributed by atoms with van der Waals surface area (Å²) in [6, 6.07) is 17.9. The summed E-state index contributed by atoms with van der Waals surface area (Å²) in [6.07, 6.45) is 0. The van der Waals surface area contributed by atoms with Gasteiger partial charge in [0, 0.05) is 12.6 Å². The number of benzene rings is 2. The summed E-state index contributed by atoms with van der Waals surface area (Å²) in [5.41, 5.74) is 8.94. The molecule has 96 valence electrons. The van der Waals surface area contributed by atoms with Crippen LogP contribution in [0.15, 0.2) is 64.6 Å². The normalized spacial score (nSPS) is 12.5. The zero-order valence-corrected chi connectivity index (χ0v) is 11.3. The molecule has 0 radical (unpaired) electrons. The largest absolute Gasteiger partial charge is 0.383 e. The van der Waals surface area contributed by atoms with Gasteiger partial charge in [-0.25, -0.2) is 4.99 Å². The average Bonchev–Trinajstić information content (AvgIpc) is 2.48. The van der Waals surface area contributed by atoms with E-state index in [1.807, 2.05) is 54.6 Å². The molecule has 19 heavy (non-hydrogen) atoms. The van der Waals surface area contributed by atoms with Gasteiger partial charge in [-0.05, 0) is 28.8 Å². The van der Waals surface area contributed by atoms with Gasteiger partial charge in [0.2, 0.25) is 5.29 Å². The molecule has 0 heterocycles. The van der Waals surface area contributed by atoms with Crippen molar-refractivity contribution in [1.29, 1.82) is 0 Å². The lowest BCUT2D eigenvalue weighted by Gasteiger charge is -2.05. The van der Waals surface area contributed by atoms with Gasteiger partial charge in [0.15, 0.2) is 0 Å². The minimum Gasteiger partial charge on any atom is -0.383 e. The van der Waals surface area contributed by atoms with Crippen molar-refractivity contribution in [2.45, 2.75) is 0 Å². The van der Waals surface area contributed by atoms with Crippen LogP contribution >= 0.6 is 11.6 Å². The number of nitrogens with two attached hydrogens (primary N) is 1. The molecule has 0 unspecified atom stereocenters. The number of hydrogen-bond acceptors (Lipinski definition) is 1. The molecule has 0 saturated heterocycles. The van der Waals surface area contributed by atoms with Crippen molar-refractivity contribution in [3.63, 3.8) is 0 Å². The Morgan fingerprint density at radius 3 is 2.37 bits per heavy atom. The Balaban J connectivity index is 2.38. The van der Waals surface area contributed by atoms with Crippen LogP contribution in [0, 0.1) is 0 Å². The second-order valence-corrected chi connectivity index (χ2v) is 4.27. The summed E-state index contributed by atoms with van der Waals surface area (Å²) in [6.45, 7) is 0. The van der Waals surface area contributed by atoms with E-state index in [1.54, 1.807) is 7.05 Å². The molecule has 0 aliphatic rings. The van der Waals surface area contributed by atoms with Gasteiger partial charge in [-0.1, -0.05) is 48.5 Å². The van der Waals surface area contributed by atoms with Gasteiger partial charge in [-0.2, -0.15) is 0 Å². The molecule has 0 saturated carbocycles. The maximum absolute atomic E-state index is 5.90. The Kier molecular flexibility index (Phi) is 4.31. The highest BCUT2D eigenvalue weighted by Crippen LogP contribution is 2.19. The van der Waals surface area contributed by atoms with E-state index in [4.69, 9.17) is 17.3 Å². The monoisotopic (exact) mass is 271 g/mol. The fourth-order valence-electron chi connectivity index (χ4n) is 1.70. The second kappa shape index (κ2) is 6.16. The molecule has 2 aromatic carbocycles. The molecule has 0 atom stereocenters. The number of halogens is 1. The highest BCUT2D eigenvalue weighted by molar-refractivity contribution is 6.65. The van der Waals surface area contributed by atoms with Crippen molar-refractivity contribution < 1.29 is 0 Å². The third-order valence-electron chi connectivity index (χ3n) is 2.66. The Bertz CT molecular complexity index is 618. The first-order valence-electron chi connectivity index (χ1n) is 5.83. The van der Waals surface area contributed by atoms with Crippen LogP contribution in [-0.2, 0) is 0 Å². The minimum absolute atomic E-state index is 0.141. The van der Waals surface area contributed by atoms with Gasteiger partial charge in [0.25, 0.3) is 0 Å². The molecule has 0 spiro atoms. The number of hydrogen-bond donors (Lipinski definition) is 1. The molecule has 2 rings (SSSR count). The first-order chi connectivity index (χ1) is 9.20. The van der Waals surface area contributed by atoms with Crippen LogP contribution in [0.2, 0.25) is 0 Å². The molecule has 0 aliphatic carbocycles. The zero-order chi connectivity index (χ0) is 13.7. The van der Waals surface area contributed by atoms with Crippen molar-refractivity contribution in [3.8, 4) is 11.1 Å². The van der Waals surface area contributed by atoms with E-state index in [2.05, 4.69) is 9.98 Å². The van der Waals surface area contributed by atoms with Crippen LogP contribution in [-0.4, -0.2) is 18.2 Å². The molecular weight excluding hydrogens is 258 g/mol. The van der Waals surface area contributed by atoms with Crippen LogP contribution in [0.3, 0.4) is 0 Å². The first kappa shape index (κ1) is 13.3. The van der Waals surface area contributed by atoms with Crippen LogP contribution < -0.4 is 5.73 Å². The Hall–Kier alpha value is -2.13. The van der Waals surface area contributed by atoms with E-state index in [0.29, 0.717) is 5.84 Å². The lowest BCUT2D eigenvalue weighted by Crippen LogP contribution is -2.14. The Morgan fingerprint density at radius 1 is 1.00 bits per heavy atom. The van der Waals surface area contributed by atoms with E-state index < -0.39 is 0 Å². The van der Waals surface area contributed by atoms with E-state index >= 15 is 0 Å². The van der Waals surface area contributed by atoms with Crippen molar-refractivity contribution in [3.05, 3.63) is 60.2 Å². The summed E-state index contributed by atoms with van der Waals surface area (Å²) < 4.78 is 0. The molecular formula is C15H14ClN3. The Labute approximate surface area is 117 Å². The average molecular weight is 272 g/mol. The highest BCUT2D eigenvalue weighted by Gasteiger charge is 2.02. The van der Waals surface area contributed by atoms with Crippen LogP contribution in [0.5, 0.6) is 0 Å². The summed E-state index contributed by atoms with van der Waals surface area (Å²) >= 11 is 5.75. The van der Waals surface area contributed by atoms with Crippen LogP contribution in [0.4, 0.5) is 0 Å². The topological polar surface area (TPSA) is 50.7 Å². The van der Waals surface area contributed by atoms with Crippen molar-refractivity contribution >= 4 is 22.7 Å². The lowest BCUT2D eigenvalue weighted by atomic mass is 10.0. The number of aliphatic imine (C=N–C) groups is 2. The number of amidine groups is 2. The maximum atomic E-state index is 5.90. The smallest absolute Gasteiger partial charge is 0.219 e. The van der Waals surface area contributed by atoms with Gasteiger partial charge in [-0.15, -0.1) is 0 Å². The van der Waals surface area contributed by atoms with Gasteiger partial charge >= 0.3 is 0 Å². The summed E-state index contributed by atoms with van der Waals surface area (Å²) in [5, 5.41) is 0.141. The van der Waals surface area contributed by atoms with Crippen LogP contribution in [0.25, 0.3) is 11.1 Å². The van der Waals surface area contributed by atoms with Gasteiger partial charge in [0.05, 0.1) is 0 Å². The molecule has 0 bridgehead atoms. The quantitative estimate of drug-likeness (QED) is 0.509. The lowest BCUT2D eigenvalue weighted by molar-refractivity contribution is 1.42. The predicted octanol–water partition coefficient (Wildman–Crippen LogP) is 3.28. The maximum Gasteiger partial charge on any atom is 0.219 e. The van der Waals surface area contributed by atoms with Crippen LogP contribution in [0.1, 0.15) is 5.56 Å². The third kappa shape index (κ3) is 3.42. The fraction of sp³-hybridized carbons (Fsp3) is 0.0667. The van der Waals surface area contributed by atoms with E-state index in [9.17, 15) is 0 Å². The SMILES string of the molecule is CN=C(Cl)N=C(N)c1cccc(-c2ccccc2)c1. The summed E-state index contributed by atoms with van der Waals surface area (Å²) in [4.78, 5) is 7.76. The van der Waals surface area contributed by atoms with Gasteiger partial charge in [0.1, 0.15) is 5.84 Å². The second-order valence-electron chi connectivity index (χ2n) is 3.94. The van der Waals surface area contributed by atoms with E-state index in [-0.39, 0.29) is 5.29 Å². The molecule has 0 fully saturated rings. The van der Waals surface area contributed by atoms with Crippen molar-refractivity contribution in [2.24, 2.45) is 15.7 Å². The zero-order valence-electron chi connectivity index (χ0n) is 10.5. The molecule has 0 amide bonds. The third-order valence-corrected chi connectivity index (χ3v) is 2.92. The van der Waals surface area contributed by atoms with E-state index in [1.165, 1.54) is 0 Å². The number of nitrogens with zero attached hydrogens (tertiary/aromatic N) is 2. The van der Waals surface area contributed by atoms with Crippen molar-refractivity contribution in [1.82, 2.24) is 0 Å².